The molecule has 0 aromatic rings. The Balaban J connectivity index is 2.63. The normalized spacial score (nSPS) is 25.1. The monoisotopic (exact) mass is 396 g/mol. The van der Waals surface area contributed by atoms with Gasteiger partial charge in [-0.1, -0.05) is 85.0 Å². The minimum atomic E-state index is -0.748. The highest BCUT2D eigenvalue weighted by molar-refractivity contribution is 5.76. The fourth-order valence-corrected chi connectivity index (χ4v) is 5.01. The summed E-state index contributed by atoms with van der Waals surface area (Å²) in [5, 5.41) is 19.6. The molecule has 1 saturated carbocycles. The number of unbranched alkanes of at least 4 members (excludes halogenated alkanes) is 7. The molecule has 0 heterocycles. The van der Waals surface area contributed by atoms with Gasteiger partial charge in [0, 0.05) is 0 Å². The molecule has 0 radical (unpaired) electrons. The third-order valence-corrected chi connectivity index (χ3v) is 6.88. The van der Waals surface area contributed by atoms with Crippen molar-refractivity contribution in [3.8, 4) is 0 Å². The summed E-state index contributed by atoms with van der Waals surface area (Å²) in [5.41, 5.74) is -0.706. The number of aliphatic carboxylic acids is 2. The van der Waals surface area contributed by atoms with Crippen molar-refractivity contribution in [3.63, 3.8) is 0 Å². The third kappa shape index (κ3) is 8.13. The van der Waals surface area contributed by atoms with Gasteiger partial charge in [-0.15, -0.1) is 0 Å². The van der Waals surface area contributed by atoms with Crippen LogP contribution in [-0.4, -0.2) is 22.2 Å². The average Bonchev–Trinajstić information content (AvgIpc) is 2.64. The molecule has 0 aromatic carbocycles. The van der Waals surface area contributed by atoms with Gasteiger partial charge in [-0.25, -0.2) is 0 Å². The molecular formula is C24H44O4. The molecule has 0 amide bonds. The smallest absolute Gasteiger partial charge is 0.309 e. The lowest BCUT2D eigenvalue weighted by Crippen LogP contribution is -2.44. The molecule has 1 fully saturated rings. The van der Waals surface area contributed by atoms with Crippen molar-refractivity contribution >= 4 is 11.9 Å². The highest BCUT2D eigenvalue weighted by Crippen LogP contribution is 2.49. The molecule has 2 N–H and O–H groups in total. The van der Waals surface area contributed by atoms with E-state index in [0.717, 1.165) is 32.1 Å². The highest BCUT2D eigenvalue weighted by atomic mass is 16.4. The lowest BCUT2D eigenvalue weighted by molar-refractivity contribution is -0.161. The van der Waals surface area contributed by atoms with Crippen LogP contribution in [0.4, 0.5) is 0 Å². The van der Waals surface area contributed by atoms with Crippen LogP contribution in [0.5, 0.6) is 0 Å². The van der Waals surface area contributed by atoms with Gasteiger partial charge < -0.3 is 10.2 Å². The van der Waals surface area contributed by atoms with Crippen LogP contribution in [0.3, 0.4) is 0 Å². The van der Waals surface area contributed by atoms with E-state index in [1.807, 2.05) is 0 Å². The zero-order valence-electron chi connectivity index (χ0n) is 18.5. The first-order valence-corrected chi connectivity index (χ1v) is 11.8. The van der Waals surface area contributed by atoms with Gasteiger partial charge in [-0.05, 0) is 43.9 Å². The van der Waals surface area contributed by atoms with E-state index in [4.69, 9.17) is 0 Å². The van der Waals surface area contributed by atoms with Crippen molar-refractivity contribution in [2.75, 3.05) is 0 Å². The largest absolute Gasteiger partial charge is 0.481 e. The molecule has 0 aromatic heterocycles. The third-order valence-electron chi connectivity index (χ3n) is 6.88. The molecule has 3 atom stereocenters. The van der Waals surface area contributed by atoms with E-state index < -0.39 is 17.4 Å². The standard InChI is InChI=1S/C24H44O4/c1-4-5-6-7-8-9-10-11-14-21-18-20(22(25)26)15-17-24(21,23(27)28)16-12-13-19(2)3/h19-21H,4-18H2,1-3H3,(H,25,26)(H,27,28). The summed E-state index contributed by atoms with van der Waals surface area (Å²) < 4.78 is 0. The van der Waals surface area contributed by atoms with Crippen LogP contribution in [0.1, 0.15) is 117 Å². The van der Waals surface area contributed by atoms with Gasteiger partial charge in [0.05, 0.1) is 11.3 Å². The minimum absolute atomic E-state index is 0.00658. The molecule has 1 rings (SSSR count). The Morgan fingerprint density at radius 1 is 0.964 bits per heavy atom. The van der Waals surface area contributed by atoms with Crippen molar-refractivity contribution in [2.24, 2.45) is 23.2 Å². The topological polar surface area (TPSA) is 74.6 Å². The van der Waals surface area contributed by atoms with Gasteiger partial charge in [0.2, 0.25) is 0 Å². The maximum atomic E-state index is 12.3. The van der Waals surface area contributed by atoms with E-state index in [2.05, 4.69) is 20.8 Å². The molecule has 0 bridgehead atoms. The molecular weight excluding hydrogens is 352 g/mol. The van der Waals surface area contributed by atoms with E-state index in [9.17, 15) is 19.8 Å². The van der Waals surface area contributed by atoms with Crippen molar-refractivity contribution in [1.82, 2.24) is 0 Å². The summed E-state index contributed by atoms with van der Waals surface area (Å²) in [5.74, 6) is -1.22. The molecule has 0 aliphatic heterocycles. The molecule has 4 nitrogen and oxygen atoms in total. The number of rotatable bonds is 15. The van der Waals surface area contributed by atoms with E-state index in [-0.39, 0.29) is 11.8 Å². The summed E-state index contributed by atoms with van der Waals surface area (Å²) in [6.07, 6.45) is 15.0. The van der Waals surface area contributed by atoms with Crippen LogP contribution in [0.25, 0.3) is 0 Å². The second kappa shape index (κ2) is 13.2. The van der Waals surface area contributed by atoms with E-state index in [1.165, 1.54) is 38.5 Å². The van der Waals surface area contributed by atoms with E-state index in [1.54, 1.807) is 0 Å². The van der Waals surface area contributed by atoms with Crippen LogP contribution in [0.2, 0.25) is 0 Å². The Labute approximate surface area is 172 Å². The number of carboxylic acid groups (broad SMARTS) is 2. The first-order chi connectivity index (χ1) is 13.3. The summed E-state index contributed by atoms with van der Waals surface area (Å²) in [4.78, 5) is 23.9. The van der Waals surface area contributed by atoms with Crippen LogP contribution in [0.15, 0.2) is 0 Å². The maximum Gasteiger partial charge on any atom is 0.309 e. The Morgan fingerprint density at radius 3 is 2.11 bits per heavy atom. The summed E-state index contributed by atoms with van der Waals surface area (Å²) in [6.45, 7) is 6.57. The molecule has 1 aliphatic carbocycles. The predicted molar refractivity (Wildman–Crippen MR) is 114 cm³/mol. The van der Waals surface area contributed by atoms with Crippen molar-refractivity contribution < 1.29 is 19.8 Å². The highest BCUT2D eigenvalue weighted by Gasteiger charge is 2.49. The molecule has 28 heavy (non-hydrogen) atoms. The summed E-state index contributed by atoms with van der Waals surface area (Å²) in [6, 6.07) is 0. The van der Waals surface area contributed by atoms with Crippen molar-refractivity contribution in [2.45, 2.75) is 117 Å². The Kier molecular flexibility index (Phi) is 11.8. The fraction of sp³-hybridized carbons (Fsp3) is 0.917. The van der Waals surface area contributed by atoms with Gasteiger partial charge in [0.1, 0.15) is 0 Å². The van der Waals surface area contributed by atoms with Crippen molar-refractivity contribution in [3.05, 3.63) is 0 Å². The number of hydrogen-bond acceptors (Lipinski definition) is 2. The average molecular weight is 397 g/mol. The van der Waals surface area contributed by atoms with Gasteiger partial charge >= 0.3 is 11.9 Å². The molecule has 0 saturated heterocycles. The predicted octanol–water partition coefficient (Wildman–Crippen LogP) is 6.92. The Bertz CT molecular complexity index is 460. The van der Waals surface area contributed by atoms with Crippen LogP contribution < -0.4 is 0 Å². The first kappa shape index (κ1) is 25.0. The van der Waals surface area contributed by atoms with E-state index >= 15 is 0 Å². The second-order valence-corrected chi connectivity index (χ2v) is 9.52. The Morgan fingerprint density at radius 2 is 1.57 bits per heavy atom. The zero-order chi connectivity index (χ0) is 21.0. The SMILES string of the molecule is CCCCCCCCCCC1CC(C(=O)O)CCC1(CCCC(C)C)C(=O)O. The van der Waals surface area contributed by atoms with Gasteiger partial charge in [0.25, 0.3) is 0 Å². The fourth-order valence-electron chi connectivity index (χ4n) is 5.01. The lowest BCUT2D eigenvalue weighted by Gasteiger charge is -2.43. The molecule has 4 heteroatoms. The van der Waals surface area contributed by atoms with Gasteiger partial charge in [0.15, 0.2) is 0 Å². The lowest BCUT2D eigenvalue weighted by atomic mass is 9.59. The Hall–Kier alpha value is -1.06. The van der Waals surface area contributed by atoms with Crippen LogP contribution in [-0.2, 0) is 9.59 Å². The quantitative estimate of drug-likeness (QED) is 0.295. The van der Waals surface area contributed by atoms with Crippen LogP contribution in [0, 0.1) is 23.2 Å². The summed E-state index contributed by atoms with van der Waals surface area (Å²) in [7, 11) is 0. The molecule has 1 aliphatic rings. The van der Waals surface area contributed by atoms with Crippen molar-refractivity contribution in [1.29, 1.82) is 0 Å². The first-order valence-electron chi connectivity index (χ1n) is 11.8. The zero-order valence-corrected chi connectivity index (χ0v) is 18.5. The summed E-state index contributed by atoms with van der Waals surface area (Å²) >= 11 is 0. The number of hydrogen-bond donors (Lipinski definition) is 2. The van der Waals surface area contributed by atoms with Gasteiger partial charge in [-0.3, -0.25) is 9.59 Å². The second-order valence-electron chi connectivity index (χ2n) is 9.52. The van der Waals surface area contributed by atoms with Gasteiger partial charge in [-0.2, -0.15) is 0 Å². The van der Waals surface area contributed by atoms with E-state index in [0.29, 0.717) is 31.6 Å². The minimum Gasteiger partial charge on any atom is -0.481 e. The molecule has 3 unspecified atom stereocenters. The maximum absolute atomic E-state index is 12.3. The number of carbonyl (C=O) groups is 2. The molecule has 164 valence electrons. The van der Waals surface area contributed by atoms with Crippen LogP contribution >= 0.6 is 0 Å². The number of carboxylic acids is 2. The molecule has 0 spiro atoms.